The van der Waals surface area contributed by atoms with Crippen molar-refractivity contribution in [3.63, 3.8) is 0 Å². The van der Waals surface area contributed by atoms with Gasteiger partial charge in [0.1, 0.15) is 6.26 Å². The summed E-state index contributed by atoms with van der Waals surface area (Å²) in [7, 11) is 0. The van der Waals surface area contributed by atoms with Gasteiger partial charge in [0, 0.05) is 12.7 Å². The predicted octanol–water partition coefficient (Wildman–Crippen LogP) is 2.41. The number of unbranched alkanes of at least 4 members (excludes halogenated alkanes) is 2. The van der Waals surface area contributed by atoms with E-state index in [0.717, 1.165) is 12.1 Å². The van der Waals surface area contributed by atoms with Crippen molar-refractivity contribution in [1.82, 2.24) is 5.16 Å². The highest BCUT2D eigenvalue weighted by Gasteiger charge is 1.93. The van der Waals surface area contributed by atoms with Gasteiger partial charge in [0.15, 0.2) is 0 Å². The van der Waals surface area contributed by atoms with Crippen molar-refractivity contribution in [2.45, 2.75) is 39.5 Å². The van der Waals surface area contributed by atoms with Gasteiger partial charge in [-0.25, -0.2) is 0 Å². The summed E-state index contributed by atoms with van der Waals surface area (Å²) in [5.74, 6) is 0. The Morgan fingerprint density at radius 3 is 2.54 bits per heavy atom. The summed E-state index contributed by atoms with van der Waals surface area (Å²) in [5.41, 5.74) is 1.08. The maximum Gasteiger partial charge on any atom is 0.124 e. The highest BCUT2D eigenvalue weighted by atomic mass is 16.5. The lowest BCUT2D eigenvalue weighted by Gasteiger charge is -1.91. The Kier molecular flexibility index (Phi) is 8.67. The van der Waals surface area contributed by atoms with Crippen molar-refractivity contribution in [1.29, 1.82) is 0 Å². The minimum Gasteiger partial charge on any atom is -0.397 e. The molecule has 0 unspecified atom stereocenters. The summed E-state index contributed by atoms with van der Waals surface area (Å²) in [6.07, 6.45) is 6.46. The minimum atomic E-state index is 0.250. The highest BCUT2D eigenvalue weighted by Crippen LogP contribution is 2.02. The molecule has 76 valence electrons. The first-order chi connectivity index (χ1) is 6.35. The molecule has 0 saturated carbocycles. The van der Waals surface area contributed by atoms with Gasteiger partial charge >= 0.3 is 0 Å². The standard InChI is InChI=1S/C8H13NO.C2H6O/c1-2-3-4-5-8-6-7-10-9-8;1-2-3/h6-7H,2-5H2,1H3;3H,2H2,1H3. The Hall–Kier alpha value is -0.830. The van der Waals surface area contributed by atoms with E-state index in [1.54, 1.807) is 13.2 Å². The van der Waals surface area contributed by atoms with Crippen LogP contribution in [-0.2, 0) is 6.42 Å². The fourth-order valence-electron chi connectivity index (χ4n) is 0.923. The molecule has 3 heteroatoms. The molecule has 13 heavy (non-hydrogen) atoms. The number of aliphatic hydroxyl groups is 1. The molecule has 1 heterocycles. The maximum absolute atomic E-state index is 7.57. The lowest BCUT2D eigenvalue weighted by molar-refractivity contribution is 0.318. The van der Waals surface area contributed by atoms with Gasteiger partial charge in [-0.2, -0.15) is 0 Å². The molecule has 0 amide bonds. The van der Waals surface area contributed by atoms with Crippen LogP contribution in [0.1, 0.15) is 38.8 Å². The number of aromatic nitrogens is 1. The van der Waals surface area contributed by atoms with Gasteiger partial charge in [0.05, 0.1) is 5.69 Å². The number of nitrogens with zero attached hydrogens (tertiary/aromatic N) is 1. The van der Waals surface area contributed by atoms with Crippen molar-refractivity contribution in [2.75, 3.05) is 6.61 Å². The van der Waals surface area contributed by atoms with E-state index in [-0.39, 0.29) is 6.61 Å². The third kappa shape index (κ3) is 7.53. The van der Waals surface area contributed by atoms with Crippen LogP contribution in [0.15, 0.2) is 16.9 Å². The lowest BCUT2D eigenvalue weighted by Crippen LogP contribution is -1.83. The van der Waals surface area contributed by atoms with Gasteiger partial charge < -0.3 is 9.63 Å². The minimum absolute atomic E-state index is 0.250. The van der Waals surface area contributed by atoms with Crippen LogP contribution in [0.3, 0.4) is 0 Å². The maximum atomic E-state index is 7.57. The number of aliphatic hydroxyl groups excluding tert-OH is 1. The molecule has 0 aromatic carbocycles. The van der Waals surface area contributed by atoms with E-state index in [1.165, 1.54) is 19.3 Å². The predicted molar refractivity (Wildman–Crippen MR) is 52.5 cm³/mol. The fourth-order valence-corrected chi connectivity index (χ4v) is 0.923. The van der Waals surface area contributed by atoms with E-state index in [4.69, 9.17) is 9.63 Å². The molecule has 0 saturated heterocycles. The molecule has 1 rings (SSSR count). The first-order valence-electron chi connectivity index (χ1n) is 4.85. The molecule has 1 N–H and O–H groups in total. The van der Waals surface area contributed by atoms with Crippen molar-refractivity contribution in [3.05, 3.63) is 18.0 Å². The van der Waals surface area contributed by atoms with E-state index in [2.05, 4.69) is 12.1 Å². The molecule has 0 atom stereocenters. The Morgan fingerprint density at radius 2 is 2.08 bits per heavy atom. The molecular formula is C10H19NO2. The summed E-state index contributed by atoms with van der Waals surface area (Å²) in [6.45, 7) is 4.13. The average molecular weight is 185 g/mol. The average Bonchev–Trinajstić information content (AvgIpc) is 2.59. The summed E-state index contributed by atoms with van der Waals surface area (Å²) >= 11 is 0. The van der Waals surface area contributed by atoms with E-state index in [0.29, 0.717) is 0 Å². The van der Waals surface area contributed by atoms with Crippen molar-refractivity contribution < 1.29 is 9.63 Å². The fraction of sp³-hybridized carbons (Fsp3) is 0.700. The molecule has 1 aromatic heterocycles. The molecule has 0 aliphatic carbocycles. The summed E-state index contributed by atoms with van der Waals surface area (Å²) in [6, 6.07) is 1.93. The third-order valence-corrected chi connectivity index (χ3v) is 1.53. The Bertz CT molecular complexity index is 173. The monoisotopic (exact) mass is 185 g/mol. The van der Waals surface area contributed by atoms with Crippen LogP contribution in [0.2, 0.25) is 0 Å². The smallest absolute Gasteiger partial charge is 0.124 e. The SMILES string of the molecule is CCCCCc1ccon1.CCO. The normalized spacial score (nSPS) is 9.15. The molecule has 0 spiro atoms. The number of aryl methyl sites for hydroxylation is 1. The van der Waals surface area contributed by atoms with E-state index in [1.807, 2.05) is 6.07 Å². The second-order valence-electron chi connectivity index (χ2n) is 2.76. The number of rotatable bonds is 4. The van der Waals surface area contributed by atoms with E-state index < -0.39 is 0 Å². The zero-order chi connectivity index (χ0) is 9.94. The van der Waals surface area contributed by atoms with Crippen molar-refractivity contribution in [2.24, 2.45) is 0 Å². The van der Waals surface area contributed by atoms with E-state index in [9.17, 15) is 0 Å². The molecule has 0 radical (unpaired) electrons. The van der Waals surface area contributed by atoms with Gasteiger partial charge in [-0.3, -0.25) is 0 Å². The third-order valence-electron chi connectivity index (χ3n) is 1.53. The molecule has 0 bridgehead atoms. The second kappa shape index (κ2) is 9.26. The van der Waals surface area contributed by atoms with Crippen molar-refractivity contribution in [3.8, 4) is 0 Å². The molecule has 0 fully saturated rings. The molecule has 0 aliphatic rings. The van der Waals surface area contributed by atoms with Crippen LogP contribution in [0.4, 0.5) is 0 Å². The second-order valence-corrected chi connectivity index (χ2v) is 2.76. The molecular weight excluding hydrogens is 166 g/mol. The summed E-state index contributed by atoms with van der Waals surface area (Å²) in [5, 5.41) is 11.4. The molecule has 1 aromatic rings. The first kappa shape index (κ1) is 12.2. The topological polar surface area (TPSA) is 46.3 Å². The Labute approximate surface area is 79.8 Å². The van der Waals surface area contributed by atoms with E-state index >= 15 is 0 Å². The molecule has 3 nitrogen and oxygen atoms in total. The van der Waals surface area contributed by atoms with Gasteiger partial charge in [-0.05, 0) is 19.8 Å². The quantitative estimate of drug-likeness (QED) is 0.733. The Balaban J connectivity index is 0.000000424. The van der Waals surface area contributed by atoms with Crippen LogP contribution in [0, 0.1) is 0 Å². The van der Waals surface area contributed by atoms with Crippen LogP contribution < -0.4 is 0 Å². The number of hydrogen-bond acceptors (Lipinski definition) is 3. The lowest BCUT2D eigenvalue weighted by atomic mass is 10.2. The summed E-state index contributed by atoms with van der Waals surface area (Å²) in [4.78, 5) is 0. The van der Waals surface area contributed by atoms with Crippen LogP contribution in [0.5, 0.6) is 0 Å². The largest absolute Gasteiger partial charge is 0.397 e. The number of hydrogen-bond donors (Lipinski definition) is 1. The van der Waals surface area contributed by atoms with Gasteiger partial charge in [-0.15, -0.1) is 0 Å². The Morgan fingerprint density at radius 1 is 1.38 bits per heavy atom. The van der Waals surface area contributed by atoms with Gasteiger partial charge in [0.25, 0.3) is 0 Å². The van der Waals surface area contributed by atoms with Crippen LogP contribution >= 0.6 is 0 Å². The van der Waals surface area contributed by atoms with Crippen molar-refractivity contribution >= 4 is 0 Å². The zero-order valence-electron chi connectivity index (χ0n) is 8.49. The first-order valence-corrected chi connectivity index (χ1v) is 4.85. The zero-order valence-corrected chi connectivity index (χ0v) is 8.49. The highest BCUT2D eigenvalue weighted by molar-refractivity contribution is 4.94. The van der Waals surface area contributed by atoms with Gasteiger partial charge in [0.2, 0.25) is 0 Å². The van der Waals surface area contributed by atoms with Gasteiger partial charge in [-0.1, -0.05) is 24.9 Å². The molecule has 0 aliphatic heterocycles. The van der Waals surface area contributed by atoms with Crippen LogP contribution in [0.25, 0.3) is 0 Å². The summed E-state index contributed by atoms with van der Waals surface area (Å²) < 4.78 is 4.70. The van der Waals surface area contributed by atoms with Crippen LogP contribution in [-0.4, -0.2) is 16.9 Å².